The Balaban J connectivity index is 1.44. The van der Waals surface area contributed by atoms with Crippen molar-refractivity contribution in [2.75, 3.05) is 27.0 Å². The largest absolute Gasteiger partial charge is 0.493 e. The van der Waals surface area contributed by atoms with Crippen molar-refractivity contribution in [3.63, 3.8) is 0 Å². The van der Waals surface area contributed by atoms with Crippen molar-refractivity contribution in [1.29, 1.82) is 0 Å². The van der Waals surface area contributed by atoms with E-state index in [2.05, 4.69) is 72.1 Å². The van der Waals surface area contributed by atoms with Crippen LogP contribution in [0, 0.1) is 0 Å². The third kappa shape index (κ3) is 5.16. The highest BCUT2D eigenvalue weighted by molar-refractivity contribution is 5.43. The Bertz CT molecular complexity index is 935. The van der Waals surface area contributed by atoms with Crippen molar-refractivity contribution >= 4 is 0 Å². The van der Waals surface area contributed by atoms with Gasteiger partial charge < -0.3 is 14.2 Å². The highest BCUT2D eigenvalue weighted by Gasteiger charge is 2.31. The van der Waals surface area contributed by atoms with Crippen molar-refractivity contribution in [3.8, 4) is 11.5 Å². The van der Waals surface area contributed by atoms with Gasteiger partial charge in [0.15, 0.2) is 11.5 Å². The number of nitrogens with zero attached hydrogens (tertiary/aromatic N) is 1. The maximum Gasteiger partial charge on any atom is 0.161 e. The summed E-state index contributed by atoms with van der Waals surface area (Å²) < 4.78 is 17.7. The first-order valence-corrected chi connectivity index (χ1v) is 10.6. The molecule has 0 amide bonds. The normalized spacial score (nSPS) is 16.4. The van der Waals surface area contributed by atoms with Gasteiger partial charge in [-0.3, -0.25) is 4.90 Å². The van der Waals surface area contributed by atoms with Gasteiger partial charge in [0, 0.05) is 6.54 Å². The minimum atomic E-state index is -0.00696. The number of benzene rings is 3. The van der Waals surface area contributed by atoms with Crippen LogP contribution in [0.25, 0.3) is 0 Å². The number of hydrogen-bond acceptors (Lipinski definition) is 4. The predicted molar refractivity (Wildman–Crippen MR) is 124 cm³/mol. The molecular weight excluding hydrogens is 386 g/mol. The number of hydrogen-bond donors (Lipinski definition) is 0. The molecule has 1 atom stereocenters. The fourth-order valence-electron chi connectivity index (χ4n) is 4.04. The molecule has 1 saturated heterocycles. The summed E-state index contributed by atoms with van der Waals surface area (Å²) in [6, 6.07) is 27.3. The number of rotatable bonds is 9. The molecule has 31 heavy (non-hydrogen) atoms. The first kappa shape index (κ1) is 21.2. The molecule has 1 aliphatic rings. The van der Waals surface area contributed by atoms with Gasteiger partial charge in [0.2, 0.25) is 0 Å². The van der Waals surface area contributed by atoms with E-state index in [1.54, 1.807) is 7.11 Å². The second kappa shape index (κ2) is 10.3. The average Bonchev–Trinajstić information content (AvgIpc) is 3.28. The first-order chi connectivity index (χ1) is 15.3. The number of allylic oxidation sites excluding steroid dienone is 1. The summed E-state index contributed by atoms with van der Waals surface area (Å²) >= 11 is 0. The topological polar surface area (TPSA) is 30.9 Å². The fraction of sp³-hybridized carbons (Fsp3) is 0.259. The van der Waals surface area contributed by atoms with Gasteiger partial charge >= 0.3 is 0 Å². The summed E-state index contributed by atoms with van der Waals surface area (Å²) in [6.45, 7) is 5.63. The summed E-state index contributed by atoms with van der Waals surface area (Å²) in [5.74, 6) is 1.47. The van der Waals surface area contributed by atoms with Crippen molar-refractivity contribution < 1.29 is 14.2 Å². The molecule has 0 bridgehead atoms. The third-order valence-electron chi connectivity index (χ3n) is 5.54. The maximum atomic E-state index is 6.09. The molecule has 3 aromatic carbocycles. The molecule has 4 nitrogen and oxygen atoms in total. The van der Waals surface area contributed by atoms with E-state index in [0.717, 1.165) is 30.0 Å². The van der Waals surface area contributed by atoms with E-state index in [4.69, 9.17) is 14.2 Å². The van der Waals surface area contributed by atoms with Crippen LogP contribution in [0.3, 0.4) is 0 Å². The zero-order valence-corrected chi connectivity index (χ0v) is 17.9. The molecule has 0 N–H and O–H groups in total. The van der Waals surface area contributed by atoms with E-state index in [1.807, 2.05) is 24.3 Å². The molecule has 0 aliphatic carbocycles. The Labute approximate surface area is 184 Å². The van der Waals surface area contributed by atoms with Gasteiger partial charge in [-0.1, -0.05) is 72.8 Å². The summed E-state index contributed by atoms with van der Waals surface area (Å²) in [5.41, 5.74) is 3.67. The summed E-state index contributed by atoms with van der Waals surface area (Å²) in [5, 5.41) is 0. The van der Waals surface area contributed by atoms with E-state index in [0.29, 0.717) is 13.3 Å². The molecule has 160 valence electrons. The molecule has 1 unspecified atom stereocenters. The van der Waals surface area contributed by atoms with E-state index < -0.39 is 0 Å². The van der Waals surface area contributed by atoms with Gasteiger partial charge in [-0.2, -0.15) is 0 Å². The number of methoxy groups -OCH3 is 1. The van der Waals surface area contributed by atoms with Crippen LogP contribution in [0.2, 0.25) is 0 Å². The van der Waals surface area contributed by atoms with Gasteiger partial charge in [-0.15, -0.1) is 6.58 Å². The van der Waals surface area contributed by atoms with Crippen LogP contribution in [0.1, 0.15) is 22.7 Å². The van der Waals surface area contributed by atoms with Crippen LogP contribution in [0.4, 0.5) is 0 Å². The summed E-state index contributed by atoms with van der Waals surface area (Å²) in [4.78, 5) is 2.36. The standard InChI is InChI=1S/C27H29NO3/c1-3-10-21-15-16-25(26(17-21)29-2)30-19-24-18-28(20-31-24)27(22-11-6-4-7-12-22)23-13-8-5-9-14-23/h3-9,11-17,24,27H,1,10,18-20H2,2H3. The van der Waals surface area contributed by atoms with Gasteiger partial charge in [0.1, 0.15) is 19.4 Å². The highest BCUT2D eigenvalue weighted by Crippen LogP contribution is 2.32. The van der Waals surface area contributed by atoms with Crippen LogP contribution >= 0.6 is 0 Å². The molecule has 3 aromatic rings. The van der Waals surface area contributed by atoms with Crippen molar-refractivity contribution in [2.24, 2.45) is 0 Å². The van der Waals surface area contributed by atoms with Crippen molar-refractivity contribution in [3.05, 3.63) is 108 Å². The van der Waals surface area contributed by atoms with Crippen molar-refractivity contribution in [1.82, 2.24) is 4.90 Å². The van der Waals surface area contributed by atoms with Gasteiger partial charge in [-0.25, -0.2) is 0 Å². The van der Waals surface area contributed by atoms with Gasteiger partial charge in [0.05, 0.1) is 13.2 Å². The van der Waals surface area contributed by atoms with Crippen molar-refractivity contribution in [2.45, 2.75) is 18.6 Å². The fourth-order valence-corrected chi connectivity index (χ4v) is 4.04. The zero-order valence-electron chi connectivity index (χ0n) is 17.9. The van der Waals surface area contributed by atoms with Crippen LogP contribution in [-0.2, 0) is 11.2 Å². The van der Waals surface area contributed by atoms with E-state index >= 15 is 0 Å². The lowest BCUT2D eigenvalue weighted by Crippen LogP contribution is -2.30. The van der Waals surface area contributed by atoms with Crippen LogP contribution in [-0.4, -0.2) is 38.0 Å². The van der Waals surface area contributed by atoms with E-state index in [1.165, 1.54) is 11.1 Å². The van der Waals surface area contributed by atoms with Gasteiger partial charge in [0.25, 0.3) is 0 Å². The summed E-state index contributed by atoms with van der Waals surface area (Å²) in [7, 11) is 1.66. The minimum Gasteiger partial charge on any atom is -0.493 e. The van der Waals surface area contributed by atoms with Gasteiger partial charge in [-0.05, 0) is 35.2 Å². The molecule has 1 fully saturated rings. The second-order valence-electron chi connectivity index (χ2n) is 7.70. The number of ether oxygens (including phenoxy) is 3. The molecule has 1 heterocycles. The molecule has 4 rings (SSSR count). The Hall–Kier alpha value is -3.08. The molecule has 4 heteroatoms. The van der Waals surface area contributed by atoms with Crippen LogP contribution in [0.5, 0.6) is 11.5 Å². The van der Waals surface area contributed by atoms with Crippen LogP contribution < -0.4 is 9.47 Å². The molecular formula is C27H29NO3. The van der Waals surface area contributed by atoms with Crippen LogP contribution in [0.15, 0.2) is 91.5 Å². The average molecular weight is 416 g/mol. The molecule has 0 saturated carbocycles. The smallest absolute Gasteiger partial charge is 0.161 e. The molecule has 0 spiro atoms. The Kier molecular flexibility index (Phi) is 7.03. The van der Waals surface area contributed by atoms with E-state index in [-0.39, 0.29) is 12.1 Å². The SMILES string of the molecule is C=CCc1ccc(OCC2CN(C(c3ccccc3)c3ccccc3)CO2)c(OC)c1. The Morgan fingerprint density at radius 3 is 2.29 bits per heavy atom. The first-order valence-electron chi connectivity index (χ1n) is 10.6. The molecule has 1 aliphatic heterocycles. The lowest BCUT2D eigenvalue weighted by atomic mass is 9.97. The Morgan fingerprint density at radius 2 is 1.68 bits per heavy atom. The molecule has 0 aromatic heterocycles. The van der Waals surface area contributed by atoms with E-state index in [9.17, 15) is 0 Å². The second-order valence-corrected chi connectivity index (χ2v) is 7.70. The highest BCUT2D eigenvalue weighted by atomic mass is 16.6. The quantitative estimate of drug-likeness (QED) is 0.447. The predicted octanol–water partition coefficient (Wildman–Crippen LogP) is 5.25. The lowest BCUT2D eigenvalue weighted by molar-refractivity contribution is 0.0545. The molecule has 0 radical (unpaired) electrons. The maximum absolute atomic E-state index is 6.09. The monoisotopic (exact) mass is 415 g/mol. The zero-order chi connectivity index (χ0) is 21.5. The summed E-state index contributed by atoms with van der Waals surface area (Å²) in [6.07, 6.45) is 2.68. The Morgan fingerprint density at radius 1 is 1.00 bits per heavy atom. The third-order valence-corrected chi connectivity index (χ3v) is 5.54. The minimum absolute atomic E-state index is 0.00696. The lowest BCUT2D eigenvalue weighted by Gasteiger charge is -2.27.